The molecule has 8 heteroatoms. The highest BCUT2D eigenvalue weighted by atomic mass is 32.1. The molecule has 0 fully saturated rings. The fourth-order valence-electron chi connectivity index (χ4n) is 2.62. The zero-order chi connectivity index (χ0) is 18.7. The molecule has 2 N–H and O–H groups in total. The van der Waals surface area contributed by atoms with Crippen LogP contribution in [0.1, 0.15) is 48.8 Å². The average Bonchev–Trinajstić information content (AvgIpc) is 2.82. The van der Waals surface area contributed by atoms with Gasteiger partial charge in [-0.15, -0.1) is 11.3 Å². The summed E-state index contributed by atoms with van der Waals surface area (Å²) < 4.78 is 5.24. The lowest BCUT2D eigenvalue weighted by molar-refractivity contribution is 0.0383. The molecule has 2 aromatic heterocycles. The number of aryl methyl sites for hydroxylation is 1. The molecule has 0 aromatic carbocycles. The second-order valence-electron chi connectivity index (χ2n) is 6.38. The first kappa shape index (κ1) is 19.6. The van der Waals surface area contributed by atoms with Gasteiger partial charge in [0.05, 0.1) is 24.1 Å². The molecule has 2 heterocycles. The number of rotatable bonds is 7. The number of aliphatic hydroxyl groups is 1. The normalized spacial score (nSPS) is 13.0. The first-order valence-corrected chi connectivity index (χ1v) is 9.18. The van der Waals surface area contributed by atoms with Crippen molar-refractivity contribution in [1.29, 1.82) is 0 Å². The Hall–Kier alpha value is -1.77. The van der Waals surface area contributed by atoms with E-state index in [1.807, 2.05) is 11.8 Å². The van der Waals surface area contributed by atoms with E-state index < -0.39 is 12.1 Å². The number of fused-ring (bicyclic) bond motifs is 1. The van der Waals surface area contributed by atoms with Crippen LogP contribution in [-0.4, -0.2) is 51.2 Å². The number of ether oxygens (including phenoxy) is 1. The van der Waals surface area contributed by atoms with Crippen LogP contribution >= 0.6 is 11.3 Å². The molecule has 0 unspecified atom stereocenters. The highest BCUT2D eigenvalue weighted by molar-refractivity contribution is 7.20. The summed E-state index contributed by atoms with van der Waals surface area (Å²) in [6.45, 7) is 10.6. The van der Waals surface area contributed by atoms with Gasteiger partial charge in [-0.05, 0) is 39.8 Å². The minimum atomic E-state index is -0.461. The highest BCUT2D eigenvalue weighted by Gasteiger charge is 2.21. The van der Waals surface area contributed by atoms with Crippen LogP contribution in [0.25, 0.3) is 10.2 Å². The topological polar surface area (TPSA) is 95.5 Å². The first-order chi connectivity index (χ1) is 11.7. The summed E-state index contributed by atoms with van der Waals surface area (Å²) in [7, 11) is 0. The number of aromatic amines is 1. The summed E-state index contributed by atoms with van der Waals surface area (Å²) in [6.07, 6.45) is -0.686. The van der Waals surface area contributed by atoms with Gasteiger partial charge in [0.15, 0.2) is 0 Å². The van der Waals surface area contributed by atoms with E-state index in [4.69, 9.17) is 4.74 Å². The van der Waals surface area contributed by atoms with Crippen LogP contribution in [0.2, 0.25) is 0 Å². The van der Waals surface area contributed by atoms with Crippen molar-refractivity contribution >= 4 is 27.5 Å². The van der Waals surface area contributed by atoms with Gasteiger partial charge in [-0.1, -0.05) is 6.92 Å². The number of carbonyl (C=O) groups is 1. The number of nitrogens with one attached hydrogen (secondary N) is 1. The minimum absolute atomic E-state index is 0.225. The Morgan fingerprint density at radius 2 is 2.08 bits per heavy atom. The van der Waals surface area contributed by atoms with E-state index in [0.717, 1.165) is 6.54 Å². The Balaban J connectivity index is 2.38. The molecule has 0 aliphatic heterocycles. The number of hydrogen-bond donors (Lipinski definition) is 2. The van der Waals surface area contributed by atoms with E-state index >= 15 is 0 Å². The number of likely N-dealkylation sites (N-methyl/N-ethyl adjacent to an activating group) is 1. The molecular weight excluding hydrogens is 342 g/mol. The standard InChI is InChI=1S/C17H25N3O4S/c1-6-20(7-10(4)21)8-12-18-15(22)13-11(5)14(25-16(13)19-12)17(23)24-9(2)3/h9-10,21H,6-8H2,1-5H3,(H,18,19,22)/t10-/m0/s1. The Morgan fingerprint density at radius 1 is 1.40 bits per heavy atom. The van der Waals surface area contributed by atoms with Gasteiger partial charge >= 0.3 is 5.97 Å². The zero-order valence-electron chi connectivity index (χ0n) is 15.3. The van der Waals surface area contributed by atoms with Crippen LogP contribution in [0.5, 0.6) is 0 Å². The van der Waals surface area contributed by atoms with Gasteiger partial charge in [0, 0.05) is 6.54 Å². The SMILES string of the molecule is CCN(Cc1nc2sc(C(=O)OC(C)C)c(C)c2c(=O)[nH]1)C[C@H](C)O. The molecule has 138 valence electrons. The van der Waals surface area contributed by atoms with Crippen molar-refractivity contribution in [1.82, 2.24) is 14.9 Å². The van der Waals surface area contributed by atoms with Crippen LogP contribution in [-0.2, 0) is 11.3 Å². The third-order valence-corrected chi connectivity index (χ3v) is 4.89. The predicted octanol–water partition coefficient (Wildman–Crippen LogP) is 2.06. The molecule has 25 heavy (non-hydrogen) atoms. The molecule has 0 aliphatic carbocycles. The maximum Gasteiger partial charge on any atom is 0.348 e. The molecule has 0 saturated carbocycles. The van der Waals surface area contributed by atoms with E-state index in [1.165, 1.54) is 11.3 Å². The Kier molecular flexibility index (Phi) is 6.31. The summed E-state index contributed by atoms with van der Waals surface area (Å²) in [5.41, 5.74) is 0.340. The maximum atomic E-state index is 12.5. The number of aliphatic hydroxyl groups excluding tert-OH is 1. The van der Waals surface area contributed by atoms with E-state index in [2.05, 4.69) is 9.97 Å². The fourth-order valence-corrected chi connectivity index (χ4v) is 3.70. The highest BCUT2D eigenvalue weighted by Crippen LogP contribution is 2.28. The van der Waals surface area contributed by atoms with Gasteiger partial charge in [-0.3, -0.25) is 9.69 Å². The summed E-state index contributed by atoms with van der Waals surface area (Å²) in [4.78, 5) is 34.9. The fraction of sp³-hybridized carbons (Fsp3) is 0.588. The van der Waals surface area contributed by atoms with Crippen molar-refractivity contribution in [2.24, 2.45) is 0 Å². The van der Waals surface area contributed by atoms with Crippen LogP contribution in [0.3, 0.4) is 0 Å². The molecule has 0 spiro atoms. The zero-order valence-corrected chi connectivity index (χ0v) is 16.1. The Bertz CT molecular complexity index is 810. The second-order valence-corrected chi connectivity index (χ2v) is 7.38. The molecule has 1 atom stereocenters. The van der Waals surface area contributed by atoms with Crippen molar-refractivity contribution in [3.05, 3.63) is 26.6 Å². The average molecular weight is 367 g/mol. The number of H-pyrrole nitrogens is 1. The summed E-state index contributed by atoms with van der Waals surface area (Å²) in [6, 6.07) is 0. The van der Waals surface area contributed by atoms with Gasteiger partial charge in [0.1, 0.15) is 15.5 Å². The van der Waals surface area contributed by atoms with Gasteiger partial charge in [-0.25, -0.2) is 9.78 Å². The number of hydrogen-bond acceptors (Lipinski definition) is 7. The molecule has 2 rings (SSSR count). The predicted molar refractivity (Wildman–Crippen MR) is 98.2 cm³/mol. The maximum absolute atomic E-state index is 12.5. The number of nitrogens with zero attached hydrogens (tertiary/aromatic N) is 2. The number of aromatic nitrogens is 2. The number of esters is 1. The largest absolute Gasteiger partial charge is 0.459 e. The lowest BCUT2D eigenvalue weighted by Gasteiger charge is -2.21. The molecule has 7 nitrogen and oxygen atoms in total. The summed E-state index contributed by atoms with van der Waals surface area (Å²) in [5.74, 6) is 0.0887. The summed E-state index contributed by atoms with van der Waals surface area (Å²) >= 11 is 1.18. The van der Waals surface area contributed by atoms with Gasteiger partial charge in [-0.2, -0.15) is 0 Å². The Morgan fingerprint density at radius 3 is 2.64 bits per heavy atom. The molecule has 0 bridgehead atoms. The van der Waals surface area contributed by atoms with Gasteiger partial charge in [0.2, 0.25) is 0 Å². The van der Waals surface area contributed by atoms with Crippen molar-refractivity contribution in [2.75, 3.05) is 13.1 Å². The molecule has 0 amide bonds. The molecule has 0 aliphatic rings. The van der Waals surface area contributed by atoms with E-state index in [0.29, 0.717) is 39.6 Å². The Labute approximate surface area is 150 Å². The smallest absolute Gasteiger partial charge is 0.348 e. The van der Waals surface area contributed by atoms with Crippen molar-refractivity contribution in [3.63, 3.8) is 0 Å². The van der Waals surface area contributed by atoms with Crippen LogP contribution in [0.4, 0.5) is 0 Å². The van der Waals surface area contributed by atoms with Gasteiger partial charge < -0.3 is 14.8 Å². The third kappa shape index (κ3) is 4.65. The molecule has 2 aromatic rings. The number of carbonyl (C=O) groups excluding carboxylic acids is 1. The number of thiophene rings is 1. The second kappa shape index (κ2) is 8.07. The quantitative estimate of drug-likeness (QED) is 0.727. The van der Waals surface area contributed by atoms with E-state index in [9.17, 15) is 14.7 Å². The first-order valence-electron chi connectivity index (χ1n) is 8.36. The van der Waals surface area contributed by atoms with Gasteiger partial charge in [0.25, 0.3) is 5.56 Å². The minimum Gasteiger partial charge on any atom is -0.459 e. The monoisotopic (exact) mass is 367 g/mol. The molecule has 0 saturated heterocycles. The lowest BCUT2D eigenvalue weighted by atomic mass is 10.2. The van der Waals surface area contributed by atoms with E-state index in [1.54, 1.807) is 27.7 Å². The molecular formula is C17H25N3O4S. The molecule has 0 radical (unpaired) electrons. The summed E-state index contributed by atoms with van der Waals surface area (Å²) in [5, 5.41) is 9.98. The van der Waals surface area contributed by atoms with E-state index in [-0.39, 0.29) is 11.7 Å². The third-order valence-electron chi connectivity index (χ3n) is 3.72. The van der Waals surface area contributed by atoms with Crippen molar-refractivity contribution < 1.29 is 14.6 Å². The van der Waals surface area contributed by atoms with Crippen LogP contribution in [0, 0.1) is 6.92 Å². The van der Waals surface area contributed by atoms with Crippen LogP contribution in [0.15, 0.2) is 4.79 Å². The lowest BCUT2D eigenvalue weighted by Crippen LogP contribution is -2.31. The van der Waals surface area contributed by atoms with Crippen LogP contribution < -0.4 is 5.56 Å². The van der Waals surface area contributed by atoms with Crippen molar-refractivity contribution in [3.8, 4) is 0 Å². The van der Waals surface area contributed by atoms with Crippen molar-refractivity contribution in [2.45, 2.75) is 53.4 Å².